The first-order valence-electron chi connectivity index (χ1n) is 6.98. The van der Waals surface area contributed by atoms with Gasteiger partial charge in [-0.15, -0.1) is 0 Å². The Bertz CT molecular complexity index is 563. The molecule has 0 amide bonds. The van der Waals surface area contributed by atoms with Crippen LogP contribution in [0.15, 0.2) is 91.0 Å². The Kier molecular flexibility index (Phi) is 3.75. The van der Waals surface area contributed by atoms with Crippen molar-refractivity contribution < 1.29 is 0 Å². The van der Waals surface area contributed by atoms with E-state index in [1.165, 1.54) is 16.7 Å². The zero-order valence-corrected chi connectivity index (χ0v) is 15.9. The van der Waals surface area contributed by atoms with Crippen LogP contribution in [0.25, 0.3) is 0 Å². The third-order valence-electron chi connectivity index (χ3n) is 4.05. The fourth-order valence-electron chi connectivity index (χ4n) is 2.81. The quantitative estimate of drug-likeness (QED) is 0.513. The molecule has 0 aliphatic rings. The molecule has 20 heavy (non-hydrogen) atoms. The van der Waals surface area contributed by atoms with Crippen LogP contribution in [0.1, 0.15) is 16.7 Å². The van der Waals surface area contributed by atoms with E-state index >= 15 is 0 Å². The van der Waals surface area contributed by atoms with Gasteiger partial charge in [0.2, 0.25) is 0 Å². The van der Waals surface area contributed by atoms with Gasteiger partial charge in [-0.1, -0.05) is 0 Å². The van der Waals surface area contributed by atoms with Crippen molar-refractivity contribution in [3.05, 3.63) is 108 Å². The zero-order valence-electron chi connectivity index (χ0n) is 11.7. The van der Waals surface area contributed by atoms with Crippen molar-refractivity contribution in [2.75, 3.05) is 0 Å². The van der Waals surface area contributed by atoms with Gasteiger partial charge in [0, 0.05) is 0 Å². The van der Waals surface area contributed by atoms with E-state index < -0.39 is 0 Å². The first kappa shape index (κ1) is 13.2. The Morgan fingerprint density at radius 2 is 0.700 bits per heavy atom. The molecule has 0 aliphatic carbocycles. The topological polar surface area (TPSA) is 0 Å². The van der Waals surface area contributed by atoms with Gasteiger partial charge in [0.1, 0.15) is 0 Å². The van der Waals surface area contributed by atoms with Crippen molar-refractivity contribution in [1.29, 1.82) is 0 Å². The first-order valence-corrected chi connectivity index (χ1v) is 9.08. The fraction of sp³-hybridized carbons (Fsp3) is 0.0526. The molecule has 0 atom stereocenters. The molecule has 0 heterocycles. The Morgan fingerprint density at radius 3 is 0.950 bits per heavy atom. The van der Waals surface area contributed by atoms with Gasteiger partial charge in [-0.3, -0.25) is 0 Å². The van der Waals surface area contributed by atoms with Gasteiger partial charge in [0.25, 0.3) is 0 Å². The van der Waals surface area contributed by atoms with E-state index in [1.807, 2.05) is 0 Å². The Hall–Kier alpha value is -1.80. The number of hydrogen-bond acceptors (Lipinski definition) is 0. The van der Waals surface area contributed by atoms with Crippen molar-refractivity contribution in [3.63, 3.8) is 0 Å². The summed E-state index contributed by atoms with van der Waals surface area (Å²) in [4.78, 5) is 0. The number of benzene rings is 3. The van der Waals surface area contributed by atoms with Crippen LogP contribution < -0.4 is 0 Å². The summed E-state index contributed by atoms with van der Waals surface area (Å²) in [5.74, 6) is 0. The SMILES string of the molecule is [GeH3][C](c1ccccc1)(c1ccccc1)c1ccccc1. The van der Waals surface area contributed by atoms with E-state index in [0.717, 1.165) is 0 Å². The summed E-state index contributed by atoms with van der Waals surface area (Å²) >= 11 is 0.587. The Morgan fingerprint density at radius 1 is 0.450 bits per heavy atom. The van der Waals surface area contributed by atoms with Crippen molar-refractivity contribution in [3.8, 4) is 0 Å². The fourth-order valence-corrected chi connectivity index (χ4v) is 4.91. The van der Waals surface area contributed by atoms with Crippen LogP contribution in [0, 0.1) is 0 Å². The van der Waals surface area contributed by atoms with Crippen LogP contribution in [0.4, 0.5) is 0 Å². The average molecular weight is 319 g/mol. The summed E-state index contributed by atoms with van der Waals surface area (Å²) in [6, 6.07) is 32.6. The summed E-state index contributed by atoms with van der Waals surface area (Å²) in [5, 5.41) is 0. The normalized spacial score (nSPS) is 11.4. The third-order valence-corrected chi connectivity index (χ3v) is 7.69. The van der Waals surface area contributed by atoms with Crippen molar-refractivity contribution in [2.24, 2.45) is 0 Å². The molecule has 0 N–H and O–H groups in total. The van der Waals surface area contributed by atoms with Gasteiger partial charge in [-0.25, -0.2) is 0 Å². The molecular formula is C19H18Ge. The average Bonchev–Trinajstić information content (AvgIpc) is 2.56. The molecule has 0 radical (unpaired) electrons. The molecule has 0 aromatic heterocycles. The molecule has 0 saturated heterocycles. The molecule has 1 heteroatoms. The van der Waals surface area contributed by atoms with E-state index in [1.54, 1.807) is 0 Å². The third kappa shape index (κ3) is 2.32. The predicted octanol–water partition coefficient (Wildman–Crippen LogP) is 3.34. The van der Waals surface area contributed by atoms with Gasteiger partial charge in [0.15, 0.2) is 0 Å². The van der Waals surface area contributed by atoms with E-state index in [0.29, 0.717) is 16.5 Å². The molecule has 0 bridgehead atoms. The molecule has 0 saturated carbocycles. The van der Waals surface area contributed by atoms with Gasteiger partial charge in [-0.05, 0) is 0 Å². The minimum absolute atomic E-state index is 0.0662. The van der Waals surface area contributed by atoms with Crippen molar-refractivity contribution in [1.82, 2.24) is 0 Å². The Labute approximate surface area is 128 Å². The van der Waals surface area contributed by atoms with Crippen LogP contribution >= 0.6 is 0 Å². The van der Waals surface area contributed by atoms with Crippen LogP contribution in [-0.2, 0) is 4.25 Å². The van der Waals surface area contributed by atoms with Gasteiger partial charge in [0.05, 0.1) is 0 Å². The van der Waals surface area contributed by atoms with Gasteiger partial charge < -0.3 is 0 Å². The second kappa shape index (κ2) is 5.68. The van der Waals surface area contributed by atoms with Gasteiger partial charge >= 0.3 is 128 Å². The van der Waals surface area contributed by atoms with Crippen molar-refractivity contribution >= 4 is 16.5 Å². The summed E-state index contributed by atoms with van der Waals surface area (Å²) in [6.45, 7) is 0. The predicted molar refractivity (Wildman–Crippen MR) is 89.1 cm³/mol. The number of rotatable bonds is 3. The second-order valence-corrected chi connectivity index (χ2v) is 8.37. The molecule has 0 nitrogen and oxygen atoms in total. The van der Waals surface area contributed by atoms with Crippen molar-refractivity contribution in [2.45, 2.75) is 4.25 Å². The minimum atomic E-state index is 0.0662. The van der Waals surface area contributed by atoms with Crippen LogP contribution in [0.3, 0.4) is 0 Å². The molecule has 98 valence electrons. The molecule has 3 rings (SSSR count). The molecule has 0 aliphatic heterocycles. The summed E-state index contributed by atoms with van der Waals surface area (Å²) in [5.41, 5.74) is 4.20. The monoisotopic (exact) mass is 320 g/mol. The van der Waals surface area contributed by atoms with Gasteiger partial charge in [-0.2, -0.15) is 0 Å². The molecule has 0 fully saturated rings. The van der Waals surface area contributed by atoms with E-state index in [2.05, 4.69) is 91.0 Å². The summed E-state index contributed by atoms with van der Waals surface area (Å²) in [7, 11) is 0. The van der Waals surface area contributed by atoms with Crippen LogP contribution in [0.2, 0.25) is 0 Å². The molecule has 3 aromatic carbocycles. The second-order valence-electron chi connectivity index (χ2n) is 5.22. The maximum atomic E-state index is 2.26. The zero-order chi connectivity index (χ0) is 13.8. The maximum absolute atomic E-state index is 2.26. The molecule has 0 spiro atoms. The summed E-state index contributed by atoms with van der Waals surface area (Å²) < 4.78 is 0.0662. The van der Waals surface area contributed by atoms with E-state index in [4.69, 9.17) is 0 Å². The molecule has 3 aromatic rings. The van der Waals surface area contributed by atoms with Crippen LogP contribution in [0.5, 0.6) is 0 Å². The van der Waals surface area contributed by atoms with E-state index in [9.17, 15) is 0 Å². The Balaban J connectivity index is 2.24. The van der Waals surface area contributed by atoms with E-state index in [-0.39, 0.29) is 4.25 Å². The van der Waals surface area contributed by atoms with Crippen LogP contribution in [-0.4, -0.2) is 16.5 Å². The first-order chi connectivity index (χ1) is 9.82. The number of hydrogen-bond donors (Lipinski definition) is 0. The summed E-state index contributed by atoms with van der Waals surface area (Å²) in [6.07, 6.45) is 0. The molecule has 0 unspecified atom stereocenters. The molecular weight excluding hydrogens is 301 g/mol. The standard InChI is InChI=1S/C19H18Ge/c20-19(16-10-4-1-5-11-16,17-12-6-2-7-13-17)18-14-8-3-9-15-18/h1-15H,20H3.